The fraction of sp³-hybridized carbons (Fsp3) is 0.700. The van der Waals surface area contributed by atoms with Crippen LogP contribution in [0.2, 0.25) is 0 Å². The van der Waals surface area contributed by atoms with Crippen LogP contribution in [0.3, 0.4) is 0 Å². The summed E-state index contributed by atoms with van der Waals surface area (Å²) >= 11 is 0. The minimum atomic E-state index is -1.81. The lowest BCUT2D eigenvalue weighted by Gasteiger charge is -2.26. The molecule has 92 valence electrons. The normalized spacial score (nSPS) is 22.7. The number of hydrogen-bond acceptors (Lipinski definition) is 6. The molecule has 0 aromatic carbocycles. The number of carbonyl (C=O) groups is 1. The number of ketones is 1. The molecule has 0 amide bonds. The lowest BCUT2D eigenvalue weighted by Crippen LogP contribution is -2.49. The van der Waals surface area contributed by atoms with E-state index in [2.05, 4.69) is 0 Å². The highest BCUT2D eigenvalue weighted by Crippen LogP contribution is 2.21. The van der Waals surface area contributed by atoms with E-state index < -0.39 is 36.8 Å². The molecule has 1 aliphatic carbocycles. The SMILES string of the molecule is O=C(C1=CCC1)C(O)C(O)C(O)C(O)CO. The number of rotatable bonds is 6. The first-order valence-corrected chi connectivity index (χ1v) is 5.05. The Balaban J connectivity index is 2.58. The van der Waals surface area contributed by atoms with Gasteiger partial charge in [-0.05, 0) is 18.4 Å². The van der Waals surface area contributed by atoms with E-state index in [4.69, 9.17) is 10.2 Å². The van der Waals surface area contributed by atoms with Gasteiger partial charge in [0.1, 0.15) is 24.4 Å². The molecule has 0 aliphatic heterocycles. The Morgan fingerprint density at radius 2 is 1.81 bits per heavy atom. The van der Waals surface area contributed by atoms with Crippen LogP contribution >= 0.6 is 0 Å². The quantitative estimate of drug-likeness (QED) is 0.352. The Morgan fingerprint density at radius 1 is 1.25 bits per heavy atom. The average molecular weight is 232 g/mol. The Labute approximate surface area is 92.5 Å². The summed E-state index contributed by atoms with van der Waals surface area (Å²) in [6.07, 6.45) is -4.00. The first-order chi connectivity index (χ1) is 7.49. The van der Waals surface area contributed by atoms with Crippen LogP contribution < -0.4 is 0 Å². The number of Topliss-reactive ketones (excluding diaryl/α,β-unsaturated/α-hetero) is 1. The molecule has 0 radical (unpaired) electrons. The largest absolute Gasteiger partial charge is 0.394 e. The van der Waals surface area contributed by atoms with E-state index in [1.807, 2.05) is 0 Å². The second-order valence-electron chi connectivity index (χ2n) is 3.81. The van der Waals surface area contributed by atoms with Gasteiger partial charge in [-0.15, -0.1) is 0 Å². The number of aliphatic hydroxyl groups excluding tert-OH is 5. The van der Waals surface area contributed by atoms with E-state index in [0.717, 1.165) is 6.42 Å². The van der Waals surface area contributed by atoms with Crippen LogP contribution in [0, 0.1) is 0 Å². The summed E-state index contributed by atoms with van der Waals surface area (Å²) < 4.78 is 0. The first kappa shape index (κ1) is 13.3. The molecule has 0 heterocycles. The fourth-order valence-electron chi connectivity index (χ4n) is 1.38. The molecule has 0 aromatic heterocycles. The molecule has 5 N–H and O–H groups in total. The van der Waals surface area contributed by atoms with E-state index in [1.165, 1.54) is 0 Å². The van der Waals surface area contributed by atoms with Crippen molar-refractivity contribution < 1.29 is 30.3 Å². The van der Waals surface area contributed by atoms with Gasteiger partial charge >= 0.3 is 0 Å². The maximum atomic E-state index is 11.4. The monoisotopic (exact) mass is 232 g/mol. The van der Waals surface area contributed by atoms with E-state index in [9.17, 15) is 20.1 Å². The van der Waals surface area contributed by atoms with Crippen LogP contribution in [-0.2, 0) is 4.79 Å². The highest BCUT2D eigenvalue weighted by atomic mass is 16.4. The van der Waals surface area contributed by atoms with Crippen LogP contribution in [0.5, 0.6) is 0 Å². The van der Waals surface area contributed by atoms with Crippen molar-refractivity contribution in [3.8, 4) is 0 Å². The molecule has 4 unspecified atom stereocenters. The molecule has 4 atom stereocenters. The fourth-order valence-corrected chi connectivity index (χ4v) is 1.38. The van der Waals surface area contributed by atoms with Gasteiger partial charge in [-0.2, -0.15) is 0 Å². The number of allylic oxidation sites excluding steroid dienone is 1. The van der Waals surface area contributed by atoms with Gasteiger partial charge in [-0.25, -0.2) is 0 Å². The topological polar surface area (TPSA) is 118 Å². The summed E-state index contributed by atoms with van der Waals surface area (Å²) in [5.74, 6) is -0.650. The lowest BCUT2D eigenvalue weighted by atomic mass is 9.89. The highest BCUT2D eigenvalue weighted by molar-refractivity contribution is 6.00. The van der Waals surface area contributed by atoms with Gasteiger partial charge in [-0.1, -0.05) is 6.08 Å². The van der Waals surface area contributed by atoms with Crippen LogP contribution in [0.15, 0.2) is 11.6 Å². The summed E-state index contributed by atoms with van der Waals surface area (Å²) in [7, 11) is 0. The van der Waals surface area contributed by atoms with Gasteiger partial charge in [0.25, 0.3) is 0 Å². The van der Waals surface area contributed by atoms with E-state index in [-0.39, 0.29) is 0 Å². The average Bonchev–Trinajstić information content (AvgIpc) is 2.22. The third-order valence-corrected chi connectivity index (χ3v) is 2.64. The second-order valence-corrected chi connectivity index (χ2v) is 3.81. The van der Waals surface area contributed by atoms with E-state index in [1.54, 1.807) is 6.08 Å². The molecule has 0 bridgehead atoms. The van der Waals surface area contributed by atoms with Crippen LogP contribution in [0.25, 0.3) is 0 Å². The van der Waals surface area contributed by atoms with Crippen molar-refractivity contribution in [2.75, 3.05) is 6.61 Å². The number of hydrogen-bond donors (Lipinski definition) is 5. The van der Waals surface area contributed by atoms with Crippen LogP contribution in [-0.4, -0.2) is 62.3 Å². The minimum Gasteiger partial charge on any atom is -0.394 e. The Kier molecular flexibility index (Phi) is 4.57. The molecule has 6 heteroatoms. The smallest absolute Gasteiger partial charge is 0.189 e. The van der Waals surface area contributed by atoms with Gasteiger partial charge in [0, 0.05) is 0 Å². The standard InChI is InChI=1S/C10H16O6/c11-4-6(12)8(14)10(16)9(15)7(13)5-2-1-3-5/h2,6,8-12,14-16H,1,3-4H2. The number of carbonyl (C=O) groups excluding carboxylic acids is 1. The Morgan fingerprint density at radius 3 is 2.19 bits per heavy atom. The summed E-state index contributed by atoms with van der Waals surface area (Å²) in [5.41, 5.74) is 0.414. The molecule has 1 rings (SSSR count). The molecule has 6 nitrogen and oxygen atoms in total. The van der Waals surface area contributed by atoms with Crippen molar-refractivity contribution in [1.82, 2.24) is 0 Å². The maximum absolute atomic E-state index is 11.4. The van der Waals surface area contributed by atoms with E-state index in [0.29, 0.717) is 12.0 Å². The van der Waals surface area contributed by atoms with Crippen molar-refractivity contribution in [2.45, 2.75) is 37.3 Å². The maximum Gasteiger partial charge on any atom is 0.189 e. The van der Waals surface area contributed by atoms with Gasteiger partial charge in [0.05, 0.1) is 6.61 Å². The molecule has 0 saturated carbocycles. The molecule has 0 aromatic rings. The molecular weight excluding hydrogens is 216 g/mol. The molecule has 16 heavy (non-hydrogen) atoms. The molecule has 1 aliphatic rings. The summed E-state index contributed by atoms with van der Waals surface area (Å²) in [6.45, 7) is -0.762. The van der Waals surface area contributed by atoms with Gasteiger partial charge in [0.2, 0.25) is 0 Å². The minimum absolute atomic E-state index is 0.414. The molecule has 0 saturated heterocycles. The zero-order chi connectivity index (χ0) is 12.3. The van der Waals surface area contributed by atoms with Crippen molar-refractivity contribution in [3.63, 3.8) is 0 Å². The predicted molar refractivity (Wildman–Crippen MR) is 53.4 cm³/mol. The summed E-state index contributed by atoms with van der Waals surface area (Å²) in [6, 6.07) is 0. The summed E-state index contributed by atoms with van der Waals surface area (Å²) in [4.78, 5) is 11.4. The number of aliphatic hydroxyl groups is 5. The van der Waals surface area contributed by atoms with Crippen molar-refractivity contribution in [1.29, 1.82) is 0 Å². The molecule has 0 spiro atoms. The zero-order valence-corrected chi connectivity index (χ0v) is 8.65. The van der Waals surface area contributed by atoms with Crippen molar-refractivity contribution in [3.05, 3.63) is 11.6 Å². The highest BCUT2D eigenvalue weighted by Gasteiger charge is 2.35. The van der Waals surface area contributed by atoms with Crippen LogP contribution in [0.4, 0.5) is 0 Å². The van der Waals surface area contributed by atoms with Gasteiger partial charge in [0.15, 0.2) is 5.78 Å². The summed E-state index contributed by atoms with van der Waals surface area (Å²) in [5, 5.41) is 45.7. The Bertz CT molecular complexity index is 287. The first-order valence-electron chi connectivity index (χ1n) is 5.05. The predicted octanol–water partition coefficient (Wildman–Crippen LogP) is -2.29. The molecular formula is C10H16O6. The lowest BCUT2D eigenvalue weighted by molar-refractivity contribution is -0.144. The van der Waals surface area contributed by atoms with Gasteiger partial charge < -0.3 is 25.5 Å². The van der Waals surface area contributed by atoms with Crippen LogP contribution in [0.1, 0.15) is 12.8 Å². The second kappa shape index (κ2) is 5.51. The third-order valence-electron chi connectivity index (χ3n) is 2.64. The Hall–Kier alpha value is -0.790. The van der Waals surface area contributed by atoms with Crippen molar-refractivity contribution >= 4 is 5.78 Å². The van der Waals surface area contributed by atoms with Gasteiger partial charge in [-0.3, -0.25) is 4.79 Å². The third kappa shape index (κ3) is 2.66. The van der Waals surface area contributed by atoms with E-state index >= 15 is 0 Å². The van der Waals surface area contributed by atoms with Crippen molar-refractivity contribution in [2.24, 2.45) is 0 Å². The molecule has 0 fully saturated rings. The zero-order valence-electron chi connectivity index (χ0n) is 8.65.